The molecule has 0 unspecified atom stereocenters. The Kier molecular flexibility index (Phi) is 7.37. The Hall–Kier alpha value is -2.82. The van der Waals surface area contributed by atoms with Crippen LogP contribution in [0.1, 0.15) is 18.9 Å². The van der Waals surface area contributed by atoms with E-state index in [1.807, 2.05) is 6.07 Å². The maximum absolute atomic E-state index is 13.7. The van der Waals surface area contributed by atoms with Gasteiger partial charge in [-0.2, -0.15) is 4.31 Å². The van der Waals surface area contributed by atoms with Crippen molar-refractivity contribution in [1.82, 2.24) is 9.62 Å². The third-order valence-corrected chi connectivity index (χ3v) is 7.15. The molecule has 3 rings (SSSR count). The molecule has 2 aromatic carbocycles. The van der Waals surface area contributed by atoms with Gasteiger partial charge < -0.3 is 10.1 Å². The smallest absolute Gasteiger partial charge is 0.311 e. The summed E-state index contributed by atoms with van der Waals surface area (Å²) in [7, 11) is -4.30. The zero-order valence-corrected chi connectivity index (χ0v) is 18.0. The molecule has 2 atom stereocenters. The summed E-state index contributed by atoms with van der Waals surface area (Å²) in [5, 5.41) is 14.6. The molecule has 9 nitrogen and oxygen atoms in total. The summed E-state index contributed by atoms with van der Waals surface area (Å²) in [4.78, 5) is 23.0. The molecule has 1 N–H and O–H groups in total. The minimum absolute atomic E-state index is 0.0181. The molecule has 2 aromatic rings. The third-order valence-electron chi connectivity index (χ3n) is 5.23. The largest absolute Gasteiger partial charge is 0.466 e. The number of hydrogen-bond donors (Lipinski definition) is 1. The standard InChI is InChI=1S/C21H25N3O6S/c1-2-30-21(25)17-14-22-13-12-18(17)23(15-16-8-4-3-5-9-16)31(28,29)20-11-7-6-10-19(20)24(26)27/h3-11,17-18,22H,2,12-15H2,1H3/t17-,18+/m1/s1. The summed E-state index contributed by atoms with van der Waals surface area (Å²) in [6.07, 6.45) is 0.371. The van der Waals surface area contributed by atoms with Gasteiger partial charge in [-0.25, -0.2) is 8.42 Å². The van der Waals surface area contributed by atoms with Gasteiger partial charge >= 0.3 is 5.97 Å². The lowest BCUT2D eigenvalue weighted by atomic mass is 9.93. The molecule has 0 spiro atoms. The molecule has 0 aromatic heterocycles. The second-order valence-corrected chi connectivity index (χ2v) is 9.04. The zero-order valence-electron chi connectivity index (χ0n) is 17.1. The van der Waals surface area contributed by atoms with E-state index in [1.165, 1.54) is 28.6 Å². The van der Waals surface area contributed by atoms with Gasteiger partial charge in [-0.1, -0.05) is 42.5 Å². The van der Waals surface area contributed by atoms with E-state index in [0.29, 0.717) is 18.5 Å². The van der Waals surface area contributed by atoms with Gasteiger partial charge in [0.25, 0.3) is 5.69 Å². The van der Waals surface area contributed by atoms with Gasteiger partial charge in [0.1, 0.15) is 0 Å². The number of esters is 1. The number of carbonyl (C=O) groups is 1. The minimum Gasteiger partial charge on any atom is -0.466 e. The molecule has 10 heteroatoms. The summed E-state index contributed by atoms with van der Waals surface area (Å²) >= 11 is 0. The number of nitrogens with zero attached hydrogens (tertiary/aromatic N) is 2. The van der Waals surface area contributed by atoms with Crippen molar-refractivity contribution in [1.29, 1.82) is 0 Å². The van der Waals surface area contributed by atoms with Crippen molar-refractivity contribution in [2.45, 2.75) is 30.8 Å². The van der Waals surface area contributed by atoms with E-state index >= 15 is 0 Å². The van der Waals surface area contributed by atoms with Crippen LogP contribution >= 0.6 is 0 Å². The first-order valence-corrected chi connectivity index (χ1v) is 11.5. The average Bonchev–Trinajstić information content (AvgIpc) is 2.78. The third kappa shape index (κ3) is 5.09. The van der Waals surface area contributed by atoms with E-state index in [1.54, 1.807) is 31.2 Å². The second kappa shape index (κ2) is 9.99. The van der Waals surface area contributed by atoms with Gasteiger partial charge in [0.15, 0.2) is 4.90 Å². The van der Waals surface area contributed by atoms with Crippen molar-refractivity contribution < 1.29 is 22.9 Å². The molecule has 1 aliphatic rings. The number of piperidine rings is 1. The lowest BCUT2D eigenvalue weighted by Gasteiger charge is -2.38. The number of nitro groups is 1. The zero-order chi connectivity index (χ0) is 22.4. The maximum atomic E-state index is 13.7. The molecule has 0 aliphatic carbocycles. The highest BCUT2D eigenvalue weighted by Gasteiger charge is 2.43. The fourth-order valence-electron chi connectivity index (χ4n) is 3.78. The molecule has 0 bridgehead atoms. The normalized spacial score (nSPS) is 19.2. The van der Waals surface area contributed by atoms with Crippen LogP contribution in [0.5, 0.6) is 0 Å². The van der Waals surface area contributed by atoms with Gasteiger partial charge in [-0.05, 0) is 31.5 Å². The first-order valence-electron chi connectivity index (χ1n) is 10.0. The summed E-state index contributed by atoms with van der Waals surface area (Å²) in [5.74, 6) is -1.22. The number of benzene rings is 2. The van der Waals surface area contributed by atoms with Crippen LogP contribution in [0.25, 0.3) is 0 Å². The maximum Gasteiger partial charge on any atom is 0.311 e. The molecule has 0 radical (unpaired) electrons. The Labute approximate surface area is 181 Å². The summed E-state index contributed by atoms with van der Waals surface area (Å²) in [6, 6.07) is 13.5. The Balaban J connectivity index is 2.10. The monoisotopic (exact) mass is 447 g/mol. The van der Waals surface area contributed by atoms with Crippen molar-refractivity contribution in [2.75, 3.05) is 19.7 Å². The fraction of sp³-hybridized carbons (Fsp3) is 0.381. The highest BCUT2D eigenvalue weighted by Crippen LogP contribution is 2.32. The molecule has 0 amide bonds. The molecule has 0 saturated carbocycles. The predicted octanol–water partition coefficient (Wildman–Crippen LogP) is 2.33. The van der Waals surface area contributed by atoms with E-state index < -0.39 is 43.5 Å². The molecule has 1 heterocycles. The van der Waals surface area contributed by atoms with Crippen molar-refractivity contribution in [2.24, 2.45) is 5.92 Å². The Morgan fingerprint density at radius 2 is 1.87 bits per heavy atom. The van der Waals surface area contributed by atoms with E-state index in [9.17, 15) is 23.3 Å². The predicted molar refractivity (Wildman–Crippen MR) is 114 cm³/mol. The number of nitro benzene ring substituents is 1. The summed E-state index contributed by atoms with van der Waals surface area (Å²) in [5.41, 5.74) is 0.216. The number of para-hydroxylation sites is 1. The average molecular weight is 448 g/mol. The lowest BCUT2D eigenvalue weighted by molar-refractivity contribution is -0.387. The first kappa shape index (κ1) is 22.9. The Morgan fingerprint density at radius 3 is 2.55 bits per heavy atom. The lowest BCUT2D eigenvalue weighted by Crippen LogP contribution is -2.54. The number of nitrogens with one attached hydrogen (secondary N) is 1. The molecule has 1 fully saturated rings. The van der Waals surface area contributed by atoms with Crippen LogP contribution in [0.4, 0.5) is 5.69 Å². The molecule has 166 valence electrons. The second-order valence-electron chi connectivity index (χ2n) is 7.18. The van der Waals surface area contributed by atoms with Crippen LogP contribution in [-0.2, 0) is 26.1 Å². The highest BCUT2D eigenvalue weighted by atomic mass is 32.2. The summed E-state index contributed by atoms with van der Waals surface area (Å²) < 4.78 is 33.9. The molecular formula is C21H25N3O6S. The van der Waals surface area contributed by atoms with Gasteiger partial charge in [0, 0.05) is 25.2 Å². The van der Waals surface area contributed by atoms with E-state index in [-0.39, 0.29) is 19.7 Å². The topological polar surface area (TPSA) is 119 Å². The first-order chi connectivity index (χ1) is 14.9. The summed E-state index contributed by atoms with van der Waals surface area (Å²) in [6.45, 7) is 2.63. The SMILES string of the molecule is CCOC(=O)[C@@H]1CNCC[C@@H]1N(Cc1ccccc1)S(=O)(=O)c1ccccc1[N+](=O)[O-]. The van der Waals surface area contributed by atoms with Gasteiger partial charge in [-0.15, -0.1) is 0 Å². The minimum atomic E-state index is -4.30. The molecule has 1 saturated heterocycles. The Morgan fingerprint density at radius 1 is 1.19 bits per heavy atom. The van der Waals surface area contributed by atoms with Crippen LogP contribution < -0.4 is 5.32 Å². The Bertz CT molecular complexity index is 1030. The van der Waals surface area contributed by atoms with Crippen LogP contribution in [0.15, 0.2) is 59.5 Å². The molecular weight excluding hydrogens is 422 g/mol. The van der Waals surface area contributed by atoms with Crippen LogP contribution in [0.3, 0.4) is 0 Å². The highest BCUT2D eigenvalue weighted by molar-refractivity contribution is 7.89. The van der Waals surface area contributed by atoms with Crippen LogP contribution in [0.2, 0.25) is 0 Å². The van der Waals surface area contributed by atoms with Gasteiger partial charge in [0.05, 0.1) is 17.4 Å². The number of hydrogen-bond acceptors (Lipinski definition) is 7. The number of sulfonamides is 1. The van der Waals surface area contributed by atoms with E-state index in [2.05, 4.69) is 5.32 Å². The number of ether oxygens (including phenoxy) is 1. The van der Waals surface area contributed by atoms with E-state index in [4.69, 9.17) is 4.74 Å². The quantitative estimate of drug-likeness (QED) is 0.375. The molecule has 31 heavy (non-hydrogen) atoms. The number of rotatable bonds is 8. The van der Waals surface area contributed by atoms with E-state index in [0.717, 1.165) is 0 Å². The number of carbonyl (C=O) groups excluding carboxylic acids is 1. The fourth-order valence-corrected chi connectivity index (χ4v) is 5.61. The van der Waals surface area contributed by atoms with Crippen molar-refractivity contribution in [3.8, 4) is 0 Å². The molecule has 1 aliphatic heterocycles. The van der Waals surface area contributed by atoms with Crippen molar-refractivity contribution in [3.05, 3.63) is 70.3 Å². The van der Waals surface area contributed by atoms with Crippen LogP contribution in [0, 0.1) is 16.0 Å². The van der Waals surface area contributed by atoms with Gasteiger partial charge in [0.2, 0.25) is 10.0 Å². The van der Waals surface area contributed by atoms with Crippen LogP contribution in [-0.4, -0.2) is 49.4 Å². The van der Waals surface area contributed by atoms with Crippen molar-refractivity contribution in [3.63, 3.8) is 0 Å². The van der Waals surface area contributed by atoms with Crippen molar-refractivity contribution >= 4 is 21.7 Å². The van der Waals surface area contributed by atoms with Gasteiger partial charge in [-0.3, -0.25) is 14.9 Å².